The third-order valence-corrected chi connectivity index (χ3v) is 2.71. The first kappa shape index (κ1) is 12.6. The minimum absolute atomic E-state index is 0.287. The quantitative estimate of drug-likeness (QED) is 0.785. The highest BCUT2D eigenvalue weighted by Crippen LogP contribution is 2.11. The molecule has 0 unspecified atom stereocenters. The van der Waals surface area contributed by atoms with Crippen LogP contribution in [-0.2, 0) is 11.2 Å². The fraction of sp³-hybridized carbons (Fsp3) is 0.462. The van der Waals surface area contributed by atoms with E-state index in [0.717, 1.165) is 6.42 Å². The molecule has 0 aliphatic carbocycles. The molecule has 1 amide bonds. The highest BCUT2D eigenvalue weighted by Gasteiger charge is 2.08. The van der Waals surface area contributed by atoms with Gasteiger partial charge in [0.2, 0.25) is 0 Å². The number of carbonyl (C=O) groups is 1. The number of aryl methyl sites for hydroxylation is 2. The molecule has 1 rings (SSSR count). The molecule has 0 atom stereocenters. The Balaban J connectivity index is 2.60. The Morgan fingerprint density at radius 1 is 1.38 bits per heavy atom. The zero-order valence-corrected chi connectivity index (χ0v) is 10.4. The first-order valence-corrected chi connectivity index (χ1v) is 5.40. The Kier molecular flexibility index (Phi) is 4.35. The van der Waals surface area contributed by atoms with Crippen LogP contribution in [-0.4, -0.2) is 31.7 Å². The number of ether oxygens (including phenoxy) is 1. The molecule has 0 aliphatic heterocycles. The van der Waals surface area contributed by atoms with Gasteiger partial charge in [-0.25, -0.2) is 4.79 Å². The molecular weight excluding hydrogens is 202 g/mol. The van der Waals surface area contributed by atoms with E-state index in [1.54, 1.807) is 11.9 Å². The van der Waals surface area contributed by atoms with Crippen LogP contribution < -0.4 is 0 Å². The van der Waals surface area contributed by atoms with Crippen molar-refractivity contribution in [2.45, 2.75) is 20.3 Å². The number of nitrogens with zero attached hydrogens (tertiary/aromatic N) is 1. The first-order valence-electron chi connectivity index (χ1n) is 5.40. The average Bonchev–Trinajstić information content (AvgIpc) is 2.28. The van der Waals surface area contributed by atoms with E-state index in [1.807, 2.05) is 0 Å². The summed E-state index contributed by atoms with van der Waals surface area (Å²) in [5, 5.41) is 0. The van der Waals surface area contributed by atoms with Crippen molar-refractivity contribution in [2.24, 2.45) is 0 Å². The second kappa shape index (κ2) is 5.54. The lowest BCUT2D eigenvalue weighted by atomic mass is 10.0. The van der Waals surface area contributed by atoms with Gasteiger partial charge in [-0.1, -0.05) is 23.8 Å². The molecule has 0 saturated heterocycles. The van der Waals surface area contributed by atoms with Gasteiger partial charge in [-0.3, -0.25) is 0 Å². The fourth-order valence-corrected chi connectivity index (χ4v) is 1.60. The summed E-state index contributed by atoms with van der Waals surface area (Å²) in [6, 6.07) is 6.38. The molecule has 0 bridgehead atoms. The molecule has 0 aromatic heterocycles. The molecular formula is C13H19NO2. The topological polar surface area (TPSA) is 29.5 Å². The van der Waals surface area contributed by atoms with E-state index in [-0.39, 0.29) is 6.09 Å². The summed E-state index contributed by atoms with van der Waals surface area (Å²) in [6.45, 7) is 4.84. The van der Waals surface area contributed by atoms with Crippen molar-refractivity contribution in [2.75, 3.05) is 20.7 Å². The molecule has 88 valence electrons. The minimum atomic E-state index is -0.287. The first-order chi connectivity index (χ1) is 7.54. The second-order valence-electron chi connectivity index (χ2n) is 4.07. The van der Waals surface area contributed by atoms with Crippen LogP contribution in [0.3, 0.4) is 0 Å². The highest BCUT2D eigenvalue weighted by atomic mass is 16.5. The van der Waals surface area contributed by atoms with Crippen LogP contribution in [0.5, 0.6) is 0 Å². The summed E-state index contributed by atoms with van der Waals surface area (Å²) in [7, 11) is 3.15. The monoisotopic (exact) mass is 221 g/mol. The number of likely N-dealkylation sites (N-methyl/N-ethyl adjacent to an activating group) is 1. The standard InChI is InChI=1S/C13H19NO2/c1-10-5-6-11(2)12(9-10)7-8-14(3)13(15)16-4/h5-6,9H,7-8H2,1-4H3. The van der Waals surface area contributed by atoms with Crippen molar-refractivity contribution < 1.29 is 9.53 Å². The number of benzene rings is 1. The Bertz CT molecular complexity index is 374. The summed E-state index contributed by atoms with van der Waals surface area (Å²) in [5.41, 5.74) is 3.81. The van der Waals surface area contributed by atoms with E-state index >= 15 is 0 Å². The summed E-state index contributed by atoms with van der Waals surface area (Å²) in [4.78, 5) is 12.8. The summed E-state index contributed by atoms with van der Waals surface area (Å²) in [6.07, 6.45) is 0.573. The van der Waals surface area contributed by atoms with Crippen LogP contribution in [0.2, 0.25) is 0 Å². The van der Waals surface area contributed by atoms with Crippen LogP contribution in [0.4, 0.5) is 4.79 Å². The zero-order valence-electron chi connectivity index (χ0n) is 10.4. The van der Waals surface area contributed by atoms with Gasteiger partial charge in [0.1, 0.15) is 0 Å². The summed E-state index contributed by atoms with van der Waals surface area (Å²) in [5.74, 6) is 0. The Morgan fingerprint density at radius 3 is 2.69 bits per heavy atom. The number of hydrogen-bond acceptors (Lipinski definition) is 2. The van der Waals surface area contributed by atoms with Crippen molar-refractivity contribution in [1.29, 1.82) is 0 Å². The molecule has 16 heavy (non-hydrogen) atoms. The predicted octanol–water partition coefficient (Wildman–Crippen LogP) is 2.54. The van der Waals surface area contributed by atoms with Gasteiger partial charge in [-0.2, -0.15) is 0 Å². The normalized spacial score (nSPS) is 10.0. The Labute approximate surface area is 97.0 Å². The summed E-state index contributed by atoms with van der Waals surface area (Å²) >= 11 is 0. The zero-order chi connectivity index (χ0) is 12.1. The number of amides is 1. The van der Waals surface area contributed by atoms with E-state index < -0.39 is 0 Å². The molecule has 1 aromatic rings. The third-order valence-electron chi connectivity index (χ3n) is 2.71. The van der Waals surface area contributed by atoms with Crippen molar-refractivity contribution >= 4 is 6.09 Å². The lowest BCUT2D eigenvalue weighted by Gasteiger charge is -2.16. The molecule has 0 aliphatic rings. The number of methoxy groups -OCH3 is 1. The van der Waals surface area contributed by atoms with Crippen LogP contribution >= 0.6 is 0 Å². The van der Waals surface area contributed by atoms with E-state index in [0.29, 0.717) is 6.54 Å². The predicted molar refractivity (Wildman–Crippen MR) is 64.7 cm³/mol. The minimum Gasteiger partial charge on any atom is -0.453 e. The van der Waals surface area contributed by atoms with E-state index in [1.165, 1.54) is 23.8 Å². The van der Waals surface area contributed by atoms with Gasteiger partial charge < -0.3 is 9.64 Å². The van der Waals surface area contributed by atoms with Gasteiger partial charge in [0.05, 0.1) is 7.11 Å². The van der Waals surface area contributed by atoms with E-state index in [2.05, 4.69) is 36.8 Å². The van der Waals surface area contributed by atoms with Gasteiger partial charge in [-0.05, 0) is 31.4 Å². The molecule has 3 heteroatoms. The molecule has 0 spiro atoms. The molecule has 0 radical (unpaired) electrons. The molecule has 0 N–H and O–H groups in total. The van der Waals surface area contributed by atoms with Gasteiger partial charge >= 0.3 is 6.09 Å². The molecule has 0 heterocycles. The van der Waals surface area contributed by atoms with Gasteiger partial charge in [0.15, 0.2) is 0 Å². The fourth-order valence-electron chi connectivity index (χ4n) is 1.60. The number of rotatable bonds is 3. The largest absolute Gasteiger partial charge is 0.453 e. The smallest absolute Gasteiger partial charge is 0.409 e. The van der Waals surface area contributed by atoms with Crippen molar-refractivity contribution in [3.8, 4) is 0 Å². The van der Waals surface area contributed by atoms with Gasteiger partial charge in [-0.15, -0.1) is 0 Å². The maximum atomic E-state index is 11.2. The van der Waals surface area contributed by atoms with E-state index in [4.69, 9.17) is 0 Å². The number of hydrogen-bond donors (Lipinski definition) is 0. The highest BCUT2D eigenvalue weighted by molar-refractivity contribution is 5.66. The Hall–Kier alpha value is -1.51. The van der Waals surface area contributed by atoms with Crippen LogP contribution in [0.15, 0.2) is 18.2 Å². The maximum Gasteiger partial charge on any atom is 0.409 e. The van der Waals surface area contributed by atoms with Crippen molar-refractivity contribution in [3.05, 3.63) is 34.9 Å². The summed E-state index contributed by atoms with van der Waals surface area (Å²) < 4.78 is 4.64. The second-order valence-corrected chi connectivity index (χ2v) is 4.07. The molecule has 0 fully saturated rings. The van der Waals surface area contributed by atoms with Gasteiger partial charge in [0.25, 0.3) is 0 Å². The van der Waals surface area contributed by atoms with Crippen LogP contribution in [0, 0.1) is 13.8 Å². The van der Waals surface area contributed by atoms with Crippen molar-refractivity contribution in [3.63, 3.8) is 0 Å². The average molecular weight is 221 g/mol. The molecule has 0 saturated carbocycles. The number of carbonyl (C=O) groups excluding carboxylic acids is 1. The van der Waals surface area contributed by atoms with E-state index in [9.17, 15) is 4.79 Å². The van der Waals surface area contributed by atoms with Gasteiger partial charge in [0, 0.05) is 13.6 Å². The van der Waals surface area contributed by atoms with Crippen LogP contribution in [0.1, 0.15) is 16.7 Å². The SMILES string of the molecule is COC(=O)N(C)CCc1cc(C)ccc1C. The maximum absolute atomic E-state index is 11.2. The lowest BCUT2D eigenvalue weighted by Crippen LogP contribution is -2.28. The lowest BCUT2D eigenvalue weighted by molar-refractivity contribution is 0.134. The van der Waals surface area contributed by atoms with Crippen molar-refractivity contribution in [1.82, 2.24) is 4.90 Å². The Morgan fingerprint density at radius 2 is 2.06 bits per heavy atom. The molecule has 3 nitrogen and oxygen atoms in total. The third kappa shape index (κ3) is 3.26. The molecule has 1 aromatic carbocycles. The van der Waals surface area contributed by atoms with Crippen LogP contribution in [0.25, 0.3) is 0 Å².